The molecule has 0 bridgehead atoms. The van der Waals surface area contributed by atoms with Crippen molar-refractivity contribution in [2.24, 2.45) is 0 Å². The summed E-state index contributed by atoms with van der Waals surface area (Å²) in [5.41, 5.74) is -1.36. The van der Waals surface area contributed by atoms with Crippen molar-refractivity contribution in [2.75, 3.05) is 20.1 Å². The predicted molar refractivity (Wildman–Crippen MR) is 123 cm³/mol. The van der Waals surface area contributed by atoms with Gasteiger partial charge in [-0.3, -0.25) is 4.79 Å². The number of amides is 3. The molecule has 2 aromatic carbocycles. The van der Waals surface area contributed by atoms with E-state index in [1.54, 1.807) is 9.80 Å². The van der Waals surface area contributed by atoms with Crippen LogP contribution in [0.2, 0.25) is 0 Å². The van der Waals surface area contributed by atoms with Gasteiger partial charge in [0.05, 0.1) is 23.2 Å². The van der Waals surface area contributed by atoms with Crippen LogP contribution >= 0.6 is 0 Å². The lowest BCUT2D eigenvalue weighted by Gasteiger charge is -2.39. The lowest BCUT2D eigenvalue weighted by Crippen LogP contribution is -2.48. The summed E-state index contributed by atoms with van der Waals surface area (Å²) in [5.74, 6) is 0.00915. The summed E-state index contributed by atoms with van der Waals surface area (Å²) >= 11 is 0. The van der Waals surface area contributed by atoms with Crippen LogP contribution in [0.5, 0.6) is 0 Å². The number of alkyl halides is 6. The summed E-state index contributed by atoms with van der Waals surface area (Å²) in [6, 6.07) is 7.54. The van der Waals surface area contributed by atoms with Crippen LogP contribution in [0.15, 0.2) is 42.5 Å². The number of nitrogens with zero attached hydrogens (tertiary/aromatic N) is 3. The highest BCUT2D eigenvalue weighted by molar-refractivity contribution is 5.80. The van der Waals surface area contributed by atoms with Crippen LogP contribution < -0.4 is 0 Å². The number of fused-ring (bicyclic) bond motifs is 1. The van der Waals surface area contributed by atoms with Gasteiger partial charge in [0, 0.05) is 33.1 Å². The monoisotopic (exact) mass is 527 g/mol. The third-order valence-electron chi connectivity index (χ3n) is 7.02. The maximum atomic E-state index is 13.7. The van der Waals surface area contributed by atoms with Crippen molar-refractivity contribution in [3.8, 4) is 0 Å². The molecule has 4 rings (SSSR count). The average molecular weight is 528 g/mol. The molecule has 0 aliphatic carbocycles. The van der Waals surface area contributed by atoms with Crippen molar-refractivity contribution >= 4 is 11.9 Å². The van der Waals surface area contributed by atoms with E-state index in [1.165, 1.54) is 7.05 Å². The second kappa shape index (κ2) is 9.90. The lowest BCUT2D eigenvalue weighted by atomic mass is 9.92. The molecule has 2 heterocycles. The summed E-state index contributed by atoms with van der Waals surface area (Å²) in [6.07, 6.45) is -8.54. The molecule has 2 fully saturated rings. The molecule has 0 N–H and O–H groups in total. The summed E-state index contributed by atoms with van der Waals surface area (Å²) in [7, 11) is 1.35. The fraction of sp³-hybridized carbons (Fsp3) is 0.462. The predicted octanol–water partition coefficient (Wildman–Crippen LogP) is 6.02. The van der Waals surface area contributed by atoms with E-state index in [9.17, 15) is 35.9 Å². The van der Waals surface area contributed by atoms with Gasteiger partial charge in [-0.05, 0) is 54.7 Å². The highest BCUT2D eigenvalue weighted by Gasteiger charge is 2.44. The summed E-state index contributed by atoms with van der Waals surface area (Å²) in [4.78, 5) is 30.7. The molecule has 2 aliphatic rings. The Morgan fingerprint density at radius 2 is 1.62 bits per heavy atom. The van der Waals surface area contributed by atoms with Crippen molar-refractivity contribution in [3.63, 3.8) is 0 Å². The van der Waals surface area contributed by atoms with E-state index in [2.05, 4.69) is 0 Å². The van der Waals surface area contributed by atoms with Crippen molar-refractivity contribution < 1.29 is 35.9 Å². The number of carbonyl (C=O) groups is 2. The molecule has 0 aromatic heterocycles. The first-order valence-electron chi connectivity index (χ1n) is 11.9. The minimum atomic E-state index is -4.97. The van der Waals surface area contributed by atoms with Gasteiger partial charge in [0.2, 0.25) is 5.91 Å². The Kier molecular flexibility index (Phi) is 7.18. The maximum absolute atomic E-state index is 13.7. The molecule has 2 unspecified atom stereocenters. The number of hydrogen-bond acceptors (Lipinski definition) is 2. The topological polar surface area (TPSA) is 43.9 Å². The minimum absolute atomic E-state index is 0.00915. The van der Waals surface area contributed by atoms with Crippen molar-refractivity contribution in [1.29, 1.82) is 0 Å². The third-order valence-corrected chi connectivity index (χ3v) is 7.02. The molecule has 2 aliphatic heterocycles. The molecule has 0 saturated carbocycles. The van der Waals surface area contributed by atoms with E-state index in [1.807, 2.05) is 31.2 Å². The van der Waals surface area contributed by atoms with E-state index in [0.29, 0.717) is 44.5 Å². The zero-order valence-corrected chi connectivity index (χ0v) is 20.4. The SMILES string of the molecule is Cc1ccccc1C1C2CCC(=O)N2CCCN1C(=O)N(C)Cc1cc(C(F)(F)F)cc(C(F)(F)F)c1. The smallest absolute Gasteiger partial charge is 0.337 e. The Balaban J connectivity index is 1.67. The normalized spacial score (nSPS) is 20.6. The minimum Gasteiger partial charge on any atom is -0.337 e. The number of carbonyl (C=O) groups excluding carboxylic acids is 2. The second-order valence-corrected chi connectivity index (χ2v) is 9.59. The third kappa shape index (κ3) is 5.55. The van der Waals surface area contributed by atoms with Crippen LogP contribution in [0.25, 0.3) is 0 Å². The molecule has 2 atom stereocenters. The zero-order valence-electron chi connectivity index (χ0n) is 20.4. The summed E-state index contributed by atoms with van der Waals surface area (Å²) in [6.45, 7) is 2.21. The van der Waals surface area contributed by atoms with Gasteiger partial charge in [-0.1, -0.05) is 24.3 Å². The zero-order chi connectivity index (χ0) is 27.1. The van der Waals surface area contributed by atoms with Gasteiger partial charge >= 0.3 is 18.4 Å². The van der Waals surface area contributed by atoms with Gasteiger partial charge in [-0.2, -0.15) is 26.3 Å². The first kappa shape index (κ1) is 26.8. The molecular formula is C26H27F6N3O2. The van der Waals surface area contributed by atoms with E-state index in [-0.39, 0.29) is 23.6 Å². The highest BCUT2D eigenvalue weighted by Crippen LogP contribution is 2.39. The van der Waals surface area contributed by atoms with Gasteiger partial charge in [-0.15, -0.1) is 0 Å². The van der Waals surface area contributed by atoms with Crippen LogP contribution in [0, 0.1) is 6.92 Å². The molecule has 11 heteroatoms. The maximum Gasteiger partial charge on any atom is 0.416 e. The van der Waals surface area contributed by atoms with Crippen LogP contribution in [0.3, 0.4) is 0 Å². The number of urea groups is 1. The van der Waals surface area contributed by atoms with E-state index in [0.717, 1.165) is 16.0 Å². The van der Waals surface area contributed by atoms with E-state index in [4.69, 9.17) is 0 Å². The Hall–Kier alpha value is -3.24. The Morgan fingerprint density at radius 3 is 2.22 bits per heavy atom. The largest absolute Gasteiger partial charge is 0.416 e. The Labute approximate surface area is 210 Å². The molecular weight excluding hydrogens is 500 g/mol. The van der Waals surface area contributed by atoms with Crippen LogP contribution in [0.1, 0.15) is 53.1 Å². The lowest BCUT2D eigenvalue weighted by molar-refractivity contribution is -0.143. The van der Waals surface area contributed by atoms with Gasteiger partial charge in [0.1, 0.15) is 0 Å². The fourth-order valence-corrected chi connectivity index (χ4v) is 5.31. The molecule has 2 saturated heterocycles. The van der Waals surface area contributed by atoms with Crippen molar-refractivity contribution in [3.05, 3.63) is 70.3 Å². The molecule has 3 amide bonds. The first-order valence-corrected chi connectivity index (χ1v) is 11.9. The molecule has 37 heavy (non-hydrogen) atoms. The number of hydrogen-bond donors (Lipinski definition) is 0. The van der Waals surface area contributed by atoms with Gasteiger partial charge in [-0.25, -0.2) is 4.79 Å². The number of aryl methyl sites for hydroxylation is 1. The van der Waals surface area contributed by atoms with Crippen LogP contribution in [0.4, 0.5) is 31.1 Å². The number of rotatable bonds is 3. The number of benzene rings is 2. The fourth-order valence-electron chi connectivity index (χ4n) is 5.31. The van der Waals surface area contributed by atoms with Gasteiger partial charge < -0.3 is 14.7 Å². The van der Waals surface area contributed by atoms with Crippen LogP contribution in [-0.4, -0.2) is 52.8 Å². The first-order chi connectivity index (χ1) is 17.3. The molecule has 0 spiro atoms. The molecule has 0 radical (unpaired) electrons. The van der Waals surface area contributed by atoms with Crippen molar-refractivity contribution in [1.82, 2.24) is 14.7 Å². The van der Waals surface area contributed by atoms with Gasteiger partial charge in [0.15, 0.2) is 0 Å². The Morgan fingerprint density at radius 1 is 1.00 bits per heavy atom. The quantitative estimate of drug-likeness (QED) is 0.458. The van der Waals surface area contributed by atoms with E-state index >= 15 is 0 Å². The molecule has 200 valence electrons. The summed E-state index contributed by atoms with van der Waals surface area (Å²) in [5, 5.41) is 0. The van der Waals surface area contributed by atoms with Gasteiger partial charge in [0.25, 0.3) is 0 Å². The average Bonchev–Trinajstić information content (AvgIpc) is 3.06. The molecule has 5 nitrogen and oxygen atoms in total. The Bertz CT molecular complexity index is 1150. The van der Waals surface area contributed by atoms with E-state index < -0.39 is 42.1 Å². The summed E-state index contributed by atoms with van der Waals surface area (Å²) < 4.78 is 79.9. The second-order valence-electron chi connectivity index (χ2n) is 9.59. The highest BCUT2D eigenvalue weighted by atomic mass is 19.4. The molecule has 2 aromatic rings. The standard InChI is InChI=1S/C26H27F6N3O2/c1-16-6-3-4-7-20(16)23-21-8-9-22(36)34(21)10-5-11-35(23)24(37)33(2)15-17-12-18(25(27,28)29)14-19(13-17)26(30,31)32/h3-4,6-7,12-14,21,23H,5,8-11,15H2,1-2H3. The van der Waals surface area contributed by atoms with Crippen molar-refractivity contribution in [2.45, 2.75) is 57.2 Å². The van der Waals surface area contributed by atoms with Crippen LogP contribution in [-0.2, 0) is 23.7 Å². The number of halogens is 6.